The fraction of sp³-hybridized carbons (Fsp3) is 0.580. The summed E-state index contributed by atoms with van der Waals surface area (Å²) in [6.45, 7) is 13.1. The number of benzene rings is 2. The monoisotopic (exact) mass is 847 g/mol. The second kappa shape index (κ2) is 19.6. The predicted octanol–water partition coefficient (Wildman–Crippen LogP) is 9.36. The summed E-state index contributed by atoms with van der Waals surface area (Å²) in [7, 11) is 0. The molecule has 1 amide bonds. The number of hydrogen-bond acceptors (Lipinski definition) is 10. The van der Waals surface area contributed by atoms with Gasteiger partial charge in [0.05, 0.1) is 24.5 Å². The van der Waals surface area contributed by atoms with Crippen molar-refractivity contribution in [3.8, 4) is 22.5 Å². The minimum atomic E-state index is -0.601. The number of carbonyl (C=O) groups is 3. The van der Waals surface area contributed by atoms with Crippen LogP contribution in [0.3, 0.4) is 0 Å². The smallest absolute Gasteiger partial charge is 0.311 e. The quantitative estimate of drug-likeness (QED) is 0.160. The number of rotatable bonds is 13. The van der Waals surface area contributed by atoms with Gasteiger partial charge in [-0.15, -0.1) is 10.2 Å². The van der Waals surface area contributed by atoms with Gasteiger partial charge in [-0.05, 0) is 104 Å². The molecule has 0 radical (unpaired) electrons. The number of amides is 1. The van der Waals surface area contributed by atoms with Crippen molar-refractivity contribution in [2.75, 3.05) is 0 Å². The van der Waals surface area contributed by atoms with Crippen LogP contribution in [-0.4, -0.2) is 78.2 Å². The largest absolute Gasteiger partial charge is 0.462 e. The molecule has 2 aromatic carbocycles. The van der Waals surface area contributed by atoms with Crippen molar-refractivity contribution in [2.24, 2.45) is 34.1 Å². The molecule has 5 aliphatic rings. The zero-order valence-corrected chi connectivity index (χ0v) is 37.5. The topological polar surface area (TPSA) is 160 Å². The van der Waals surface area contributed by atoms with Crippen LogP contribution < -0.4 is 0 Å². The van der Waals surface area contributed by atoms with Crippen molar-refractivity contribution < 1.29 is 29.0 Å². The van der Waals surface area contributed by atoms with E-state index in [1.54, 1.807) is 0 Å². The van der Waals surface area contributed by atoms with Gasteiger partial charge >= 0.3 is 11.9 Å². The number of aliphatic hydroxyl groups is 1. The lowest BCUT2D eigenvalue weighted by Crippen LogP contribution is -2.43. The Morgan fingerprint density at radius 2 is 1.76 bits per heavy atom. The number of amidine groups is 1. The molecule has 3 aliphatic carbocycles. The van der Waals surface area contributed by atoms with Crippen LogP contribution in [0.15, 0.2) is 77.3 Å². The van der Waals surface area contributed by atoms with E-state index >= 15 is 0 Å². The number of unbranched alkanes of at least 4 members (excludes halogenated alkanes) is 1. The van der Waals surface area contributed by atoms with Crippen molar-refractivity contribution in [3.05, 3.63) is 77.9 Å². The number of tetrazole rings is 1. The molecule has 12 nitrogen and oxygen atoms in total. The Hall–Kier alpha value is -4.97. The number of fused-ring (bicyclic) bond motifs is 1. The number of ether oxygens (including phenoxy) is 2. The average molecular weight is 847 g/mol. The van der Waals surface area contributed by atoms with E-state index in [0.29, 0.717) is 36.5 Å². The molecule has 1 saturated carbocycles. The molecule has 0 unspecified atom stereocenters. The number of esters is 2. The van der Waals surface area contributed by atoms with Crippen LogP contribution in [0.1, 0.15) is 131 Å². The SMILES string of the molecule is CCC(C)(C)C(=O)O[C@H]1C[C@@H](C)C=C2C=C[C@H](C)[C@H](CC[C@@H]3C[C@@H](O)CC(=O)O3)[C@H]21.CCCCC1=NC2(CCCC2)C(=O)N1Cc1ccc(-c2ccccc2-c2nn[nH]n2)cc1. The van der Waals surface area contributed by atoms with E-state index < -0.39 is 17.1 Å². The number of aliphatic hydroxyl groups excluding tert-OH is 1. The molecule has 7 atom stereocenters. The lowest BCUT2D eigenvalue weighted by Gasteiger charge is -2.44. The van der Waals surface area contributed by atoms with Crippen molar-refractivity contribution in [2.45, 2.75) is 155 Å². The first-order valence-electron chi connectivity index (χ1n) is 23.1. The van der Waals surface area contributed by atoms with Gasteiger partial charge in [0.2, 0.25) is 5.82 Å². The summed E-state index contributed by atoms with van der Waals surface area (Å²) in [6.07, 6.45) is 16.6. The molecule has 1 spiro atoms. The van der Waals surface area contributed by atoms with Crippen LogP contribution in [0.2, 0.25) is 0 Å². The molecule has 2 aliphatic heterocycles. The van der Waals surface area contributed by atoms with Gasteiger partial charge in [0.25, 0.3) is 5.91 Å². The Labute approximate surface area is 367 Å². The highest BCUT2D eigenvalue weighted by atomic mass is 16.6. The summed E-state index contributed by atoms with van der Waals surface area (Å²) in [4.78, 5) is 44.9. The van der Waals surface area contributed by atoms with Gasteiger partial charge in [0, 0.05) is 24.3 Å². The standard InChI is InChI=1S/C25H28N6O.C25H38O5/c1-2-3-10-22-26-25(15-6-7-16-25)24(32)31(22)17-18-11-13-19(14-12-18)20-8-4-5-9-21(20)23-27-29-30-28-23;1-6-25(4,5)24(28)30-21-12-15(2)11-17-8-7-16(3)20(23(17)21)10-9-19-13-18(26)14-22(27)29-19/h4-5,8-9,11-14H,2-3,6-7,10,15-17H2,1H3,(H,27,28,29,30);7-8,11,15-16,18-21,23,26H,6,9-10,12-14H2,1-5H3/t;15-,16-,18+,19+,20-,21-,23-/m.0/s1. The first kappa shape index (κ1) is 45.1. The number of allylic oxidation sites excluding steroid dienone is 3. The molecule has 2 fully saturated rings. The average Bonchev–Trinajstić information content (AvgIpc) is 4.03. The molecule has 3 aromatic rings. The van der Waals surface area contributed by atoms with Crippen LogP contribution in [-0.2, 0) is 30.4 Å². The Balaban J connectivity index is 0.000000187. The minimum absolute atomic E-state index is 0.0949. The molecule has 8 rings (SSSR count). The second-order valence-corrected chi connectivity index (χ2v) is 19.0. The molecule has 1 saturated heterocycles. The molecule has 3 heterocycles. The summed E-state index contributed by atoms with van der Waals surface area (Å²) in [5.41, 5.74) is 4.47. The van der Waals surface area contributed by atoms with Crippen LogP contribution in [0.25, 0.3) is 22.5 Å². The maximum Gasteiger partial charge on any atom is 0.311 e. The van der Waals surface area contributed by atoms with E-state index in [9.17, 15) is 19.5 Å². The zero-order valence-electron chi connectivity index (χ0n) is 37.5. The summed E-state index contributed by atoms with van der Waals surface area (Å²) >= 11 is 0. The van der Waals surface area contributed by atoms with Gasteiger partial charge in [-0.1, -0.05) is 114 Å². The van der Waals surface area contributed by atoms with Crippen LogP contribution in [0.4, 0.5) is 0 Å². The normalized spacial score (nSPS) is 26.6. The third-order valence-corrected chi connectivity index (χ3v) is 13.9. The Bertz CT molecular complexity index is 2120. The highest BCUT2D eigenvalue weighted by molar-refractivity contribution is 6.08. The van der Waals surface area contributed by atoms with Gasteiger partial charge in [0.15, 0.2) is 0 Å². The van der Waals surface area contributed by atoms with Gasteiger partial charge in [-0.3, -0.25) is 24.3 Å². The summed E-state index contributed by atoms with van der Waals surface area (Å²) < 4.78 is 11.6. The number of nitrogens with one attached hydrogen (secondary N) is 1. The highest BCUT2D eigenvalue weighted by Gasteiger charge is 2.49. The van der Waals surface area contributed by atoms with Crippen molar-refractivity contribution in [1.29, 1.82) is 0 Å². The maximum atomic E-state index is 13.4. The third kappa shape index (κ3) is 10.1. The third-order valence-electron chi connectivity index (χ3n) is 13.9. The Kier molecular flexibility index (Phi) is 14.3. The van der Waals surface area contributed by atoms with E-state index in [1.165, 1.54) is 5.57 Å². The number of aromatic amines is 1. The van der Waals surface area contributed by atoms with Crippen molar-refractivity contribution in [3.63, 3.8) is 0 Å². The molecular formula is C50H66N6O6. The summed E-state index contributed by atoms with van der Waals surface area (Å²) in [5, 5.41) is 24.4. The lowest BCUT2D eigenvalue weighted by molar-refractivity contribution is -0.166. The molecule has 1 aromatic heterocycles. The number of aromatic nitrogens is 4. The van der Waals surface area contributed by atoms with Crippen molar-refractivity contribution >= 4 is 23.7 Å². The summed E-state index contributed by atoms with van der Waals surface area (Å²) in [6, 6.07) is 16.4. The maximum absolute atomic E-state index is 13.4. The number of carbonyl (C=O) groups excluding carboxylic acids is 3. The fourth-order valence-electron chi connectivity index (χ4n) is 9.96. The minimum Gasteiger partial charge on any atom is -0.462 e. The number of aliphatic imine (C=N–C) groups is 1. The van der Waals surface area contributed by atoms with Gasteiger partial charge < -0.3 is 14.6 Å². The lowest BCUT2D eigenvalue weighted by atomic mass is 9.65. The Morgan fingerprint density at radius 3 is 2.44 bits per heavy atom. The second-order valence-electron chi connectivity index (χ2n) is 19.0. The van der Waals surface area contributed by atoms with E-state index in [4.69, 9.17) is 14.5 Å². The number of cyclic esters (lactones) is 1. The van der Waals surface area contributed by atoms with Gasteiger partial charge in [-0.2, -0.15) is 5.21 Å². The van der Waals surface area contributed by atoms with Gasteiger partial charge in [-0.25, -0.2) is 0 Å². The number of H-pyrrole nitrogens is 1. The molecule has 62 heavy (non-hydrogen) atoms. The summed E-state index contributed by atoms with van der Waals surface area (Å²) in [5.74, 6) is 2.53. The fourth-order valence-corrected chi connectivity index (χ4v) is 9.96. The van der Waals surface area contributed by atoms with E-state index in [1.807, 2.05) is 43.9 Å². The molecule has 12 heteroatoms. The predicted molar refractivity (Wildman–Crippen MR) is 239 cm³/mol. The van der Waals surface area contributed by atoms with E-state index in [2.05, 4.69) is 90.0 Å². The first-order valence-corrected chi connectivity index (χ1v) is 23.1. The van der Waals surface area contributed by atoms with E-state index in [-0.39, 0.29) is 42.4 Å². The first-order chi connectivity index (χ1) is 29.8. The highest BCUT2D eigenvalue weighted by Crippen LogP contribution is 2.46. The van der Waals surface area contributed by atoms with Gasteiger partial charge in [0.1, 0.15) is 23.6 Å². The number of nitrogens with zero attached hydrogens (tertiary/aromatic N) is 5. The zero-order chi connectivity index (χ0) is 44.0. The Morgan fingerprint density at radius 1 is 1.02 bits per heavy atom. The molecule has 0 bridgehead atoms. The van der Waals surface area contributed by atoms with Crippen LogP contribution >= 0.6 is 0 Å². The van der Waals surface area contributed by atoms with Crippen LogP contribution in [0.5, 0.6) is 0 Å². The molecular weight excluding hydrogens is 781 g/mol. The molecule has 332 valence electrons. The van der Waals surface area contributed by atoms with E-state index in [0.717, 1.165) is 98.7 Å². The van der Waals surface area contributed by atoms with Crippen molar-refractivity contribution in [1.82, 2.24) is 25.5 Å². The molecule has 2 N–H and O–H groups in total. The van der Waals surface area contributed by atoms with Crippen LogP contribution in [0, 0.1) is 29.1 Å². The number of hydrogen-bond donors (Lipinski definition) is 2.